The van der Waals surface area contributed by atoms with Crippen molar-refractivity contribution in [3.63, 3.8) is 0 Å². The topological polar surface area (TPSA) is 97.4 Å². The maximum atomic E-state index is 12.8. The van der Waals surface area contributed by atoms with Gasteiger partial charge in [-0.3, -0.25) is 0 Å². The number of unbranched alkanes of at least 4 members (excludes halogenated alkanes) is 1. The van der Waals surface area contributed by atoms with E-state index in [1.165, 1.54) is 25.3 Å². The Bertz CT molecular complexity index is 1430. The van der Waals surface area contributed by atoms with E-state index in [-0.39, 0.29) is 17.1 Å². The Morgan fingerprint density at radius 1 is 0.825 bits per heavy atom. The van der Waals surface area contributed by atoms with Crippen LogP contribution in [0.1, 0.15) is 51.6 Å². The molecule has 0 unspecified atom stereocenters. The van der Waals surface area contributed by atoms with Crippen molar-refractivity contribution in [2.24, 2.45) is 0 Å². The van der Waals surface area contributed by atoms with E-state index in [9.17, 15) is 14.4 Å². The molecule has 0 atom stereocenters. The summed E-state index contributed by atoms with van der Waals surface area (Å²) in [6.07, 6.45) is 2.47. The third-order valence-electron chi connectivity index (χ3n) is 5.55. The number of carbonyl (C=O) groups is 3. The maximum Gasteiger partial charge on any atom is 0.343 e. The summed E-state index contributed by atoms with van der Waals surface area (Å²) in [5.41, 5.74) is 2.12. The summed E-state index contributed by atoms with van der Waals surface area (Å²) in [6, 6.07) is 16.2. The van der Waals surface area contributed by atoms with Gasteiger partial charge in [0.15, 0.2) is 11.5 Å². The molecule has 3 aromatic rings. The first-order valence-electron chi connectivity index (χ1n) is 12.5. The van der Waals surface area contributed by atoms with Gasteiger partial charge < -0.3 is 23.7 Å². The molecule has 0 amide bonds. The lowest BCUT2D eigenvalue weighted by atomic mass is 10.1. The number of aryl methyl sites for hydroxylation is 1. The number of methoxy groups -OCH3 is 1. The highest BCUT2D eigenvalue weighted by Crippen LogP contribution is 2.30. The predicted octanol–water partition coefficient (Wildman–Crippen LogP) is 5.70. The number of benzene rings is 3. The summed E-state index contributed by atoms with van der Waals surface area (Å²) in [4.78, 5) is 36.5. The van der Waals surface area contributed by atoms with Crippen LogP contribution in [0.2, 0.25) is 0 Å². The molecule has 3 aromatic carbocycles. The van der Waals surface area contributed by atoms with Crippen molar-refractivity contribution in [1.29, 1.82) is 0 Å². The second-order valence-electron chi connectivity index (χ2n) is 8.45. The summed E-state index contributed by atoms with van der Waals surface area (Å²) in [5.74, 6) is 5.46. The minimum atomic E-state index is -0.595. The SMILES string of the molecule is C=CC(=O)OCCCCOc1ccc(C(=O)Oc2ccc(C(=O)Oc3ccc(C#CC)cc3)cc2OC)cc1C. The number of carbonyl (C=O) groups excluding carboxylic acids is 3. The number of ether oxygens (including phenoxy) is 5. The highest BCUT2D eigenvalue weighted by Gasteiger charge is 2.17. The molecular weight excluding hydrogens is 512 g/mol. The van der Waals surface area contributed by atoms with Crippen LogP contribution >= 0.6 is 0 Å². The van der Waals surface area contributed by atoms with Crippen LogP contribution < -0.4 is 18.9 Å². The molecule has 0 N–H and O–H groups in total. The van der Waals surface area contributed by atoms with Gasteiger partial charge in [-0.15, -0.1) is 5.92 Å². The molecule has 3 rings (SSSR count). The summed E-state index contributed by atoms with van der Waals surface area (Å²) in [7, 11) is 1.41. The van der Waals surface area contributed by atoms with Crippen LogP contribution in [0.4, 0.5) is 0 Å². The highest BCUT2D eigenvalue weighted by molar-refractivity contribution is 5.93. The molecule has 0 spiro atoms. The second kappa shape index (κ2) is 14.8. The van der Waals surface area contributed by atoms with Gasteiger partial charge in [0, 0.05) is 11.6 Å². The van der Waals surface area contributed by atoms with Gasteiger partial charge in [-0.2, -0.15) is 0 Å². The fraction of sp³-hybridized carbons (Fsp3) is 0.219. The van der Waals surface area contributed by atoms with Crippen molar-refractivity contribution in [1.82, 2.24) is 0 Å². The maximum absolute atomic E-state index is 12.8. The largest absolute Gasteiger partial charge is 0.493 e. The molecule has 0 aromatic heterocycles. The van der Waals surface area contributed by atoms with Crippen molar-refractivity contribution in [3.05, 3.63) is 95.6 Å². The second-order valence-corrected chi connectivity index (χ2v) is 8.45. The van der Waals surface area contributed by atoms with Crippen LogP contribution in [0.5, 0.6) is 23.0 Å². The van der Waals surface area contributed by atoms with E-state index in [0.717, 1.165) is 17.2 Å². The number of rotatable bonds is 12. The molecule has 0 saturated heterocycles. The van der Waals surface area contributed by atoms with Crippen molar-refractivity contribution in [2.75, 3.05) is 20.3 Å². The van der Waals surface area contributed by atoms with E-state index < -0.39 is 17.9 Å². The zero-order valence-electron chi connectivity index (χ0n) is 22.7. The van der Waals surface area contributed by atoms with Crippen molar-refractivity contribution in [3.8, 4) is 34.8 Å². The Morgan fingerprint density at radius 2 is 1.48 bits per heavy atom. The van der Waals surface area contributed by atoms with Crippen LogP contribution in [0, 0.1) is 18.8 Å². The molecule has 0 fully saturated rings. The first-order valence-corrected chi connectivity index (χ1v) is 12.5. The average molecular weight is 543 g/mol. The van der Waals surface area contributed by atoms with E-state index >= 15 is 0 Å². The molecule has 0 heterocycles. The Hall–Kier alpha value is -5.03. The van der Waals surface area contributed by atoms with Crippen LogP contribution in [0.3, 0.4) is 0 Å². The molecule has 206 valence electrons. The summed E-state index contributed by atoms with van der Waals surface area (Å²) in [5, 5.41) is 0. The fourth-order valence-electron chi connectivity index (χ4n) is 3.51. The van der Waals surface area contributed by atoms with Crippen molar-refractivity contribution in [2.45, 2.75) is 26.7 Å². The Balaban J connectivity index is 1.58. The van der Waals surface area contributed by atoms with Gasteiger partial charge in [0.05, 0.1) is 31.5 Å². The van der Waals surface area contributed by atoms with Gasteiger partial charge in [0.1, 0.15) is 11.5 Å². The first kappa shape index (κ1) is 29.5. The number of hydrogen-bond acceptors (Lipinski definition) is 8. The zero-order chi connectivity index (χ0) is 28.9. The third kappa shape index (κ3) is 8.50. The van der Waals surface area contributed by atoms with E-state index in [1.807, 2.05) is 6.92 Å². The summed E-state index contributed by atoms with van der Waals surface area (Å²) < 4.78 is 27.0. The quantitative estimate of drug-likeness (QED) is 0.0945. The minimum absolute atomic E-state index is 0.154. The molecule has 0 radical (unpaired) electrons. The summed E-state index contributed by atoms with van der Waals surface area (Å²) >= 11 is 0. The van der Waals surface area contributed by atoms with Gasteiger partial charge >= 0.3 is 17.9 Å². The highest BCUT2D eigenvalue weighted by atomic mass is 16.6. The molecular formula is C32H30O8. The first-order chi connectivity index (χ1) is 19.3. The molecule has 40 heavy (non-hydrogen) atoms. The smallest absolute Gasteiger partial charge is 0.343 e. The number of hydrogen-bond donors (Lipinski definition) is 0. The minimum Gasteiger partial charge on any atom is -0.493 e. The fourth-order valence-corrected chi connectivity index (χ4v) is 3.51. The molecule has 8 heteroatoms. The number of esters is 3. The van der Waals surface area contributed by atoms with Gasteiger partial charge in [0.2, 0.25) is 0 Å². The molecule has 0 aliphatic heterocycles. The molecule has 8 nitrogen and oxygen atoms in total. The van der Waals surface area contributed by atoms with Crippen molar-refractivity contribution < 1.29 is 38.1 Å². The van der Waals surface area contributed by atoms with Gasteiger partial charge in [-0.1, -0.05) is 12.5 Å². The standard InChI is InChI=1S/C32H30O8/c1-5-9-23-10-14-26(15-11-23)39-31(34)25-13-17-28(29(21-25)36-4)40-32(35)24-12-16-27(22(3)20-24)37-18-7-8-19-38-30(33)6-2/h6,10-17,20-21H,2,7-8,18-19H2,1,3-4H3. The Morgan fingerprint density at radius 3 is 2.12 bits per heavy atom. The third-order valence-corrected chi connectivity index (χ3v) is 5.55. The lowest BCUT2D eigenvalue weighted by Gasteiger charge is -2.13. The van der Waals surface area contributed by atoms with Crippen LogP contribution in [-0.2, 0) is 9.53 Å². The molecule has 0 aliphatic carbocycles. The van der Waals surface area contributed by atoms with E-state index in [0.29, 0.717) is 43.1 Å². The normalized spacial score (nSPS) is 9.97. The molecule has 0 saturated carbocycles. The zero-order valence-corrected chi connectivity index (χ0v) is 22.7. The van der Waals surface area contributed by atoms with Crippen molar-refractivity contribution >= 4 is 17.9 Å². The predicted molar refractivity (Wildman–Crippen MR) is 149 cm³/mol. The van der Waals surface area contributed by atoms with Crippen LogP contribution in [0.25, 0.3) is 0 Å². The van der Waals surface area contributed by atoms with Gasteiger partial charge in [0.25, 0.3) is 0 Å². The van der Waals surface area contributed by atoms with Gasteiger partial charge in [-0.25, -0.2) is 14.4 Å². The molecule has 0 aliphatic rings. The Kier molecular flexibility index (Phi) is 10.9. The Labute approximate surface area is 233 Å². The van der Waals surface area contributed by atoms with Crippen LogP contribution in [-0.4, -0.2) is 38.2 Å². The summed E-state index contributed by atoms with van der Waals surface area (Å²) in [6.45, 7) is 7.64. The van der Waals surface area contributed by atoms with Crippen LogP contribution in [0.15, 0.2) is 73.3 Å². The lowest BCUT2D eigenvalue weighted by molar-refractivity contribution is -0.137. The van der Waals surface area contributed by atoms with E-state index in [4.69, 9.17) is 23.7 Å². The van der Waals surface area contributed by atoms with E-state index in [1.54, 1.807) is 49.4 Å². The monoisotopic (exact) mass is 542 g/mol. The lowest BCUT2D eigenvalue weighted by Crippen LogP contribution is -2.12. The van der Waals surface area contributed by atoms with Gasteiger partial charge in [-0.05, 0) is 92.9 Å². The average Bonchev–Trinajstić information content (AvgIpc) is 2.96. The molecule has 0 bridgehead atoms. The van der Waals surface area contributed by atoms with E-state index in [2.05, 4.69) is 18.4 Å².